The molecule has 0 bridgehead atoms. The first-order valence-electron chi connectivity index (χ1n) is 10.7. The normalized spacial score (nSPS) is 12.2. The van der Waals surface area contributed by atoms with Crippen LogP contribution >= 0.6 is 11.6 Å². The molecule has 4 aromatic rings. The standard InChI is InChI=1S/C26H18ClF2N5O/c1-30-25(35)14-5-8-17(9-6-14)33-26-32-13-15-12-31-24(22-20(28)3-2-4-21(22)29)19-11-16(27)7-10-18(19)23(15)34-26/h2-11,13H,12H2,1H3,(H,30,35)(H,32,33,34). The maximum Gasteiger partial charge on any atom is 0.251 e. The largest absolute Gasteiger partial charge is 0.355 e. The van der Waals surface area contributed by atoms with Crippen LogP contribution in [0, 0.1) is 11.6 Å². The minimum Gasteiger partial charge on any atom is -0.355 e. The molecule has 0 atom stereocenters. The molecule has 0 unspecified atom stereocenters. The van der Waals surface area contributed by atoms with Crippen LogP contribution in [-0.4, -0.2) is 28.6 Å². The van der Waals surface area contributed by atoms with Gasteiger partial charge in [-0.2, -0.15) is 0 Å². The van der Waals surface area contributed by atoms with Crippen molar-refractivity contribution in [3.8, 4) is 11.3 Å². The number of amides is 1. The Bertz CT molecular complexity index is 1470. The number of nitrogens with zero attached hydrogens (tertiary/aromatic N) is 3. The quantitative estimate of drug-likeness (QED) is 0.395. The first-order chi connectivity index (χ1) is 16.9. The number of fused-ring (bicyclic) bond motifs is 3. The molecule has 3 aromatic carbocycles. The minimum atomic E-state index is -0.714. The second-order valence-corrected chi connectivity index (χ2v) is 8.24. The number of nitrogens with one attached hydrogen (secondary N) is 2. The van der Waals surface area contributed by atoms with Crippen molar-refractivity contribution < 1.29 is 13.6 Å². The van der Waals surface area contributed by atoms with Gasteiger partial charge in [-0.25, -0.2) is 18.7 Å². The van der Waals surface area contributed by atoms with Gasteiger partial charge in [0.2, 0.25) is 5.95 Å². The van der Waals surface area contributed by atoms with Gasteiger partial charge in [0.25, 0.3) is 5.91 Å². The Morgan fingerprint density at radius 3 is 2.46 bits per heavy atom. The molecule has 6 nitrogen and oxygen atoms in total. The highest BCUT2D eigenvalue weighted by Gasteiger charge is 2.25. The van der Waals surface area contributed by atoms with E-state index in [-0.39, 0.29) is 23.7 Å². The molecule has 0 radical (unpaired) electrons. The summed E-state index contributed by atoms with van der Waals surface area (Å²) in [7, 11) is 1.57. The molecule has 5 rings (SSSR count). The summed E-state index contributed by atoms with van der Waals surface area (Å²) in [5, 5.41) is 6.10. The first kappa shape index (κ1) is 22.6. The van der Waals surface area contributed by atoms with Crippen molar-refractivity contribution in [1.82, 2.24) is 15.3 Å². The van der Waals surface area contributed by atoms with Gasteiger partial charge in [0.15, 0.2) is 0 Å². The number of rotatable bonds is 4. The van der Waals surface area contributed by atoms with Gasteiger partial charge in [0.1, 0.15) is 11.6 Å². The van der Waals surface area contributed by atoms with E-state index in [0.29, 0.717) is 44.6 Å². The fourth-order valence-corrected chi connectivity index (χ4v) is 4.07. The number of anilines is 2. The molecule has 1 amide bonds. The van der Waals surface area contributed by atoms with Crippen LogP contribution in [0.3, 0.4) is 0 Å². The summed E-state index contributed by atoms with van der Waals surface area (Å²) in [6.07, 6.45) is 1.63. The lowest BCUT2D eigenvalue weighted by Crippen LogP contribution is -2.17. The van der Waals surface area contributed by atoms with E-state index in [1.165, 1.54) is 18.2 Å². The van der Waals surface area contributed by atoms with Crippen molar-refractivity contribution in [2.45, 2.75) is 6.54 Å². The molecule has 1 aliphatic rings. The van der Waals surface area contributed by atoms with E-state index in [0.717, 1.165) is 0 Å². The van der Waals surface area contributed by atoms with Gasteiger partial charge >= 0.3 is 0 Å². The van der Waals surface area contributed by atoms with Crippen molar-refractivity contribution >= 4 is 34.9 Å². The molecule has 1 aliphatic heterocycles. The number of carbonyl (C=O) groups excluding carboxylic acids is 1. The van der Waals surface area contributed by atoms with Gasteiger partial charge in [-0.3, -0.25) is 9.79 Å². The van der Waals surface area contributed by atoms with Crippen molar-refractivity contribution in [3.05, 3.63) is 106 Å². The average Bonchev–Trinajstić information content (AvgIpc) is 3.01. The van der Waals surface area contributed by atoms with Gasteiger partial charge in [-0.1, -0.05) is 23.7 Å². The maximum atomic E-state index is 14.7. The predicted molar refractivity (Wildman–Crippen MR) is 131 cm³/mol. The van der Waals surface area contributed by atoms with Crippen molar-refractivity contribution in [3.63, 3.8) is 0 Å². The highest BCUT2D eigenvalue weighted by atomic mass is 35.5. The van der Waals surface area contributed by atoms with E-state index < -0.39 is 11.6 Å². The molecule has 0 aliphatic carbocycles. The summed E-state index contributed by atoms with van der Waals surface area (Å²) < 4.78 is 29.4. The van der Waals surface area contributed by atoms with E-state index >= 15 is 0 Å². The van der Waals surface area contributed by atoms with Crippen LogP contribution in [0.2, 0.25) is 5.02 Å². The summed E-state index contributed by atoms with van der Waals surface area (Å²) in [6, 6.07) is 15.6. The lowest BCUT2D eigenvalue weighted by atomic mass is 9.95. The van der Waals surface area contributed by atoms with Crippen LogP contribution < -0.4 is 10.6 Å². The van der Waals surface area contributed by atoms with Crippen molar-refractivity contribution in [1.29, 1.82) is 0 Å². The lowest BCUT2D eigenvalue weighted by Gasteiger charge is -2.13. The zero-order valence-corrected chi connectivity index (χ0v) is 19.2. The van der Waals surface area contributed by atoms with Crippen LogP contribution in [0.1, 0.15) is 27.0 Å². The van der Waals surface area contributed by atoms with E-state index in [1.54, 1.807) is 55.7 Å². The van der Waals surface area contributed by atoms with E-state index in [2.05, 4.69) is 25.6 Å². The van der Waals surface area contributed by atoms with Crippen molar-refractivity contribution in [2.24, 2.45) is 4.99 Å². The number of hydrogen-bond acceptors (Lipinski definition) is 5. The molecule has 2 N–H and O–H groups in total. The zero-order chi connectivity index (χ0) is 24.5. The number of carbonyl (C=O) groups is 1. The summed E-state index contributed by atoms with van der Waals surface area (Å²) in [5.41, 5.74) is 3.53. The van der Waals surface area contributed by atoms with Crippen LogP contribution in [0.5, 0.6) is 0 Å². The third-order valence-corrected chi connectivity index (χ3v) is 5.83. The maximum absolute atomic E-state index is 14.7. The number of benzene rings is 3. The van der Waals surface area contributed by atoms with Gasteiger partial charge < -0.3 is 10.6 Å². The Balaban J connectivity index is 1.56. The highest BCUT2D eigenvalue weighted by Crippen LogP contribution is 2.34. The van der Waals surface area contributed by atoms with Crippen LogP contribution in [0.15, 0.2) is 71.9 Å². The third-order valence-electron chi connectivity index (χ3n) is 5.59. The smallest absolute Gasteiger partial charge is 0.251 e. The molecular formula is C26H18ClF2N5O. The Morgan fingerprint density at radius 2 is 1.74 bits per heavy atom. The zero-order valence-electron chi connectivity index (χ0n) is 18.4. The van der Waals surface area contributed by atoms with Crippen molar-refractivity contribution in [2.75, 3.05) is 12.4 Å². The van der Waals surface area contributed by atoms with E-state index in [9.17, 15) is 13.6 Å². The summed E-state index contributed by atoms with van der Waals surface area (Å²) >= 11 is 6.26. The van der Waals surface area contributed by atoms with Crippen LogP contribution in [-0.2, 0) is 6.54 Å². The molecule has 174 valence electrons. The number of aliphatic imine (C=N–C) groups is 1. The average molecular weight is 490 g/mol. The Hall–Kier alpha value is -4.17. The monoisotopic (exact) mass is 489 g/mol. The molecule has 1 aromatic heterocycles. The summed E-state index contributed by atoms with van der Waals surface area (Å²) in [5.74, 6) is -1.29. The number of hydrogen-bond donors (Lipinski definition) is 2. The molecule has 2 heterocycles. The molecule has 0 saturated carbocycles. The molecule has 0 fully saturated rings. The summed E-state index contributed by atoms with van der Waals surface area (Å²) in [6.45, 7) is 0.131. The number of halogens is 3. The Kier molecular flexibility index (Phi) is 5.96. The topological polar surface area (TPSA) is 79.3 Å². The molecule has 0 spiro atoms. The molecule has 0 saturated heterocycles. The third kappa shape index (κ3) is 4.36. The van der Waals surface area contributed by atoms with Crippen LogP contribution in [0.4, 0.5) is 20.4 Å². The second-order valence-electron chi connectivity index (χ2n) is 7.80. The lowest BCUT2D eigenvalue weighted by molar-refractivity contribution is 0.0963. The predicted octanol–water partition coefficient (Wildman–Crippen LogP) is 5.53. The molecule has 9 heteroatoms. The van der Waals surface area contributed by atoms with Gasteiger partial charge in [0, 0.05) is 46.2 Å². The first-order valence-corrected chi connectivity index (χ1v) is 11.1. The highest BCUT2D eigenvalue weighted by molar-refractivity contribution is 6.31. The summed E-state index contributed by atoms with van der Waals surface area (Å²) in [4.78, 5) is 25.4. The fraction of sp³-hybridized carbons (Fsp3) is 0.0769. The molecular weight excluding hydrogens is 472 g/mol. The minimum absolute atomic E-state index is 0.131. The second kappa shape index (κ2) is 9.23. The Morgan fingerprint density at radius 1 is 1.00 bits per heavy atom. The number of aromatic nitrogens is 2. The van der Waals surface area contributed by atoms with E-state index in [1.807, 2.05) is 0 Å². The van der Waals surface area contributed by atoms with Gasteiger partial charge in [-0.15, -0.1) is 0 Å². The van der Waals surface area contributed by atoms with Crippen LogP contribution in [0.25, 0.3) is 11.3 Å². The SMILES string of the molecule is CNC(=O)c1ccc(Nc2ncc3c(n2)-c2ccc(Cl)cc2C(c2c(F)cccc2F)=NC3)cc1. The van der Waals surface area contributed by atoms with E-state index in [4.69, 9.17) is 11.6 Å². The molecule has 35 heavy (non-hydrogen) atoms. The van der Waals surface area contributed by atoms with Gasteiger partial charge in [0.05, 0.1) is 23.5 Å². The Labute approximate surface area is 204 Å². The van der Waals surface area contributed by atoms with Gasteiger partial charge in [-0.05, 0) is 48.5 Å². The fourth-order valence-electron chi connectivity index (χ4n) is 3.90.